The molecular weight excluding hydrogens is 562 g/mol. The summed E-state index contributed by atoms with van der Waals surface area (Å²) in [5, 5.41) is 27.7. The van der Waals surface area contributed by atoms with E-state index in [2.05, 4.69) is 10.6 Å². The van der Waals surface area contributed by atoms with Crippen molar-refractivity contribution in [3.63, 3.8) is 0 Å². The summed E-state index contributed by atoms with van der Waals surface area (Å²) in [6, 6.07) is 20.2. The average Bonchev–Trinajstić information content (AvgIpc) is 3.64. The van der Waals surface area contributed by atoms with Crippen LogP contribution in [0.2, 0.25) is 0 Å². The Morgan fingerprint density at radius 1 is 0.977 bits per heavy atom. The first-order valence-electron chi connectivity index (χ1n) is 14.8. The molecule has 1 aliphatic carbocycles. The van der Waals surface area contributed by atoms with Crippen LogP contribution in [0, 0.1) is 13.8 Å². The predicted molar refractivity (Wildman–Crippen MR) is 168 cm³/mol. The number of amides is 3. The molecule has 5 rings (SSSR count). The quantitative estimate of drug-likeness (QED) is 0.291. The molecule has 3 amide bonds. The Morgan fingerprint density at radius 3 is 2.40 bits per heavy atom. The van der Waals surface area contributed by atoms with Crippen LogP contribution in [0.1, 0.15) is 58.3 Å². The van der Waals surface area contributed by atoms with E-state index in [1.54, 1.807) is 30.8 Å². The second kappa shape index (κ2) is 13.2. The van der Waals surface area contributed by atoms with Crippen LogP contribution in [-0.2, 0) is 22.6 Å². The number of carbonyl (C=O) groups excluding carboxylic acids is 3. The summed E-state index contributed by atoms with van der Waals surface area (Å²) in [4.78, 5) is 42.8. The number of carbonyl (C=O) groups is 3. The van der Waals surface area contributed by atoms with Crippen molar-refractivity contribution in [2.75, 3.05) is 5.88 Å². The number of aliphatic hydroxyl groups is 1. The van der Waals surface area contributed by atoms with Crippen molar-refractivity contribution in [3.05, 3.63) is 101 Å². The van der Waals surface area contributed by atoms with Gasteiger partial charge in [0.1, 0.15) is 11.8 Å². The minimum Gasteiger partial charge on any atom is -0.508 e. The van der Waals surface area contributed by atoms with E-state index in [-0.39, 0.29) is 29.5 Å². The number of aliphatic hydroxyl groups excluding tert-OH is 1. The van der Waals surface area contributed by atoms with Crippen molar-refractivity contribution in [3.8, 4) is 5.75 Å². The molecule has 9 heteroatoms. The van der Waals surface area contributed by atoms with Crippen LogP contribution in [0.25, 0.3) is 0 Å². The number of aryl methyl sites for hydroxylation is 1. The zero-order valence-electron chi connectivity index (χ0n) is 24.6. The first-order chi connectivity index (χ1) is 20.7. The maximum Gasteiger partial charge on any atom is 0.254 e. The van der Waals surface area contributed by atoms with Gasteiger partial charge in [0.2, 0.25) is 5.91 Å². The molecule has 1 saturated heterocycles. The first kappa shape index (κ1) is 30.6. The minimum absolute atomic E-state index is 0.0145. The lowest BCUT2D eigenvalue weighted by molar-refractivity contribution is -0.147. The van der Waals surface area contributed by atoms with E-state index in [1.807, 2.05) is 61.5 Å². The second-order valence-electron chi connectivity index (χ2n) is 11.6. The lowest BCUT2D eigenvalue weighted by atomic mass is 9.93. The van der Waals surface area contributed by atoms with Crippen LogP contribution >= 0.6 is 11.8 Å². The Balaban J connectivity index is 1.39. The summed E-state index contributed by atoms with van der Waals surface area (Å²) in [5.74, 6) is -1.04. The molecule has 1 saturated carbocycles. The molecule has 8 nitrogen and oxygen atoms in total. The Bertz CT molecular complexity index is 1470. The SMILES string of the molecule is Cc1ccccc1CNC(=O)C1N(C(=O)C(O)C(Cc2ccccc2)NC(=O)c2cccc(O)c2C)CSC12CCCC2. The van der Waals surface area contributed by atoms with Gasteiger partial charge in [-0.3, -0.25) is 14.4 Å². The number of hydrogen-bond acceptors (Lipinski definition) is 6. The predicted octanol–water partition coefficient (Wildman–Crippen LogP) is 4.24. The summed E-state index contributed by atoms with van der Waals surface area (Å²) in [7, 11) is 0. The molecule has 3 aromatic carbocycles. The minimum atomic E-state index is -1.59. The van der Waals surface area contributed by atoms with E-state index in [9.17, 15) is 24.6 Å². The molecule has 226 valence electrons. The highest BCUT2D eigenvalue weighted by Gasteiger charge is 2.55. The van der Waals surface area contributed by atoms with Gasteiger partial charge in [-0.25, -0.2) is 0 Å². The number of nitrogens with one attached hydrogen (secondary N) is 2. The highest BCUT2D eigenvalue weighted by molar-refractivity contribution is 8.01. The van der Waals surface area contributed by atoms with Gasteiger partial charge >= 0.3 is 0 Å². The lowest BCUT2D eigenvalue weighted by Crippen LogP contribution is -2.59. The Kier molecular flexibility index (Phi) is 9.42. The van der Waals surface area contributed by atoms with E-state index < -0.39 is 34.7 Å². The van der Waals surface area contributed by atoms with E-state index >= 15 is 0 Å². The van der Waals surface area contributed by atoms with E-state index in [0.717, 1.165) is 42.4 Å². The lowest BCUT2D eigenvalue weighted by Gasteiger charge is -2.35. The van der Waals surface area contributed by atoms with Gasteiger partial charge in [0.25, 0.3) is 11.8 Å². The number of nitrogens with zero attached hydrogens (tertiary/aromatic N) is 1. The molecule has 4 N–H and O–H groups in total. The van der Waals surface area contributed by atoms with Crippen LogP contribution in [0.15, 0.2) is 72.8 Å². The summed E-state index contributed by atoms with van der Waals surface area (Å²) < 4.78 is -0.401. The highest BCUT2D eigenvalue weighted by Crippen LogP contribution is 2.51. The molecule has 43 heavy (non-hydrogen) atoms. The molecule has 3 atom stereocenters. The fourth-order valence-electron chi connectivity index (χ4n) is 6.25. The van der Waals surface area contributed by atoms with Crippen molar-refractivity contribution >= 4 is 29.5 Å². The first-order valence-corrected chi connectivity index (χ1v) is 15.8. The molecule has 0 bridgehead atoms. The van der Waals surface area contributed by atoms with Gasteiger partial charge in [-0.05, 0) is 61.9 Å². The van der Waals surface area contributed by atoms with Gasteiger partial charge in [-0.2, -0.15) is 0 Å². The second-order valence-corrected chi connectivity index (χ2v) is 12.9. The number of benzene rings is 3. The van der Waals surface area contributed by atoms with Crippen LogP contribution < -0.4 is 10.6 Å². The molecule has 1 aliphatic heterocycles. The fraction of sp³-hybridized carbons (Fsp3) is 0.382. The van der Waals surface area contributed by atoms with Gasteiger partial charge in [-0.15, -0.1) is 11.8 Å². The number of phenolic OH excluding ortho intramolecular Hbond substituents is 1. The normalized spacial score (nSPS) is 18.8. The average molecular weight is 602 g/mol. The number of thioether (sulfide) groups is 1. The van der Waals surface area contributed by atoms with E-state index in [4.69, 9.17) is 0 Å². The van der Waals surface area contributed by atoms with Gasteiger partial charge in [0, 0.05) is 22.4 Å². The monoisotopic (exact) mass is 601 g/mol. The molecule has 2 aliphatic rings. The van der Waals surface area contributed by atoms with Crippen molar-refractivity contribution in [1.29, 1.82) is 0 Å². The maximum atomic E-state index is 14.1. The van der Waals surface area contributed by atoms with E-state index in [1.165, 1.54) is 11.0 Å². The fourth-order valence-corrected chi connectivity index (χ4v) is 7.89. The molecule has 2 fully saturated rings. The summed E-state index contributed by atoms with van der Waals surface area (Å²) in [6.07, 6.45) is 2.21. The van der Waals surface area contributed by atoms with Crippen LogP contribution in [0.5, 0.6) is 5.75 Å². The number of phenols is 1. The van der Waals surface area contributed by atoms with E-state index in [0.29, 0.717) is 12.1 Å². The third-order valence-electron chi connectivity index (χ3n) is 8.80. The van der Waals surface area contributed by atoms with Crippen molar-refractivity contribution in [1.82, 2.24) is 15.5 Å². The molecule has 1 heterocycles. The van der Waals surface area contributed by atoms with Gasteiger partial charge in [-0.1, -0.05) is 73.5 Å². The summed E-state index contributed by atoms with van der Waals surface area (Å²) in [6.45, 7) is 3.99. The van der Waals surface area contributed by atoms with Crippen molar-refractivity contribution < 1.29 is 24.6 Å². The van der Waals surface area contributed by atoms with Crippen LogP contribution in [-0.4, -0.2) is 61.6 Å². The molecule has 1 spiro atoms. The summed E-state index contributed by atoms with van der Waals surface area (Å²) in [5.41, 5.74) is 3.58. The maximum absolute atomic E-state index is 14.1. The standard InChI is InChI=1S/C34H39N3O5S/c1-22-11-6-7-14-25(22)20-35-32(41)30-34(17-8-9-18-34)43-21-37(30)33(42)29(39)27(19-24-12-4-3-5-13-24)36-31(40)26-15-10-16-28(38)23(26)2/h3-7,10-16,27,29-30,38-39H,8-9,17-21H2,1-2H3,(H,35,41)(H,36,40). The third-order valence-corrected chi connectivity index (χ3v) is 10.4. The Labute approximate surface area is 256 Å². The molecule has 3 aromatic rings. The van der Waals surface area contributed by atoms with Crippen LogP contribution in [0.3, 0.4) is 0 Å². The van der Waals surface area contributed by atoms with Gasteiger partial charge < -0.3 is 25.7 Å². The largest absolute Gasteiger partial charge is 0.508 e. The van der Waals surface area contributed by atoms with Crippen LogP contribution in [0.4, 0.5) is 0 Å². The molecule has 3 unspecified atom stereocenters. The summed E-state index contributed by atoms with van der Waals surface area (Å²) >= 11 is 1.62. The van der Waals surface area contributed by atoms with Crippen molar-refractivity contribution in [2.24, 2.45) is 0 Å². The molecule has 0 aromatic heterocycles. The van der Waals surface area contributed by atoms with Gasteiger partial charge in [0.15, 0.2) is 6.10 Å². The Hall–Kier alpha value is -3.82. The number of aromatic hydroxyl groups is 1. The zero-order valence-corrected chi connectivity index (χ0v) is 25.4. The highest BCUT2D eigenvalue weighted by atomic mass is 32.2. The smallest absolute Gasteiger partial charge is 0.254 e. The number of rotatable bonds is 9. The zero-order chi connectivity index (χ0) is 30.6. The molecule has 0 radical (unpaired) electrons. The number of hydrogen-bond donors (Lipinski definition) is 4. The van der Waals surface area contributed by atoms with Crippen molar-refractivity contribution in [2.45, 2.75) is 75.4 Å². The van der Waals surface area contributed by atoms with Gasteiger partial charge in [0.05, 0.1) is 11.9 Å². The third kappa shape index (κ3) is 6.58. The topological polar surface area (TPSA) is 119 Å². The Morgan fingerprint density at radius 2 is 1.67 bits per heavy atom. The molecular formula is C34H39N3O5S.